The molecule has 2 heterocycles. The van der Waals surface area contributed by atoms with Crippen LogP contribution in [-0.2, 0) is 9.53 Å². The lowest BCUT2D eigenvalue weighted by Gasteiger charge is -2.34. The fourth-order valence-electron chi connectivity index (χ4n) is 2.55. The second-order valence-corrected chi connectivity index (χ2v) is 6.07. The molecule has 0 saturated carbocycles. The molecule has 1 amide bonds. The summed E-state index contributed by atoms with van der Waals surface area (Å²) in [5.41, 5.74) is 0. The van der Waals surface area contributed by atoms with Crippen LogP contribution in [0.2, 0.25) is 0 Å². The molecule has 6 nitrogen and oxygen atoms in total. The Kier molecular flexibility index (Phi) is 7.29. The maximum absolute atomic E-state index is 11.9. The minimum atomic E-state index is 0.0980. The van der Waals surface area contributed by atoms with E-state index in [0.29, 0.717) is 19.7 Å². The van der Waals surface area contributed by atoms with Crippen LogP contribution >= 0.6 is 0 Å². The van der Waals surface area contributed by atoms with Crippen molar-refractivity contribution in [1.29, 1.82) is 0 Å². The summed E-state index contributed by atoms with van der Waals surface area (Å²) in [7, 11) is 0. The number of amides is 1. The Balaban J connectivity index is 1.59. The van der Waals surface area contributed by atoms with E-state index in [-0.39, 0.29) is 12.0 Å². The van der Waals surface area contributed by atoms with Crippen molar-refractivity contribution in [2.45, 2.75) is 26.4 Å². The number of anilines is 1. The molecule has 1 aliphatic rings. The van der Waals surface area contributed by atoms with E-state index < -0.39 is 0 Å². The van der Waals surface area contributed by atoms with E-state index in [1.54, 1.807) is 0 Å². The number of nitrogens with zero attached hydrogens (tertiary/aromatic N) is 3. The van der Waals surface area contributed by atoms with Gasteiger partial charge in [-0.25, -0.2) is 4.98 Å². The van der Waals surface area contributed by atoms with Gasteiger partial charge in [-0.3, -0.25) is 9.69 Å². The molecule has 0 radical (unpaired) electrons. The molecule has 0 aromatic carbocycles. The lowest BCUT2D eigenvalue weighted by molar-refractivity contribution is -0.122. The molecule has 23 heavy (non-hydrogen) atoms. The standard InChI is InChI=1S/C17H28N4O2/c1-15(2)23-13-5-8-19-17(22)14-20-9-11-21(12-10-20)16-6-3-4-7-18-16/h3-4,6-7,15H,5,8-14H2,1-2H3,(H,19,22). The zero-order valence-electron chi connectivity index (χ0n) is 14.2. The highest BCUT2D eigenvalue weighted by Gasteiger charge is 2.19. The van der Waals surface area contributed by atoms with E-state index >= 15 is 0 Å². The van der Waals surface area contributed by atoms with Gasteiger partial charge in [0.2, 0.25) is 5.91 Å². The quantitative estimate of drug-likeness (QED) is 0.728. The lowest BCUT2D eigenvalue weighted by Crippen LogP contribution is -2.49. The Bertz CT molecular complexity index is 459. The summed E-state index contributed by atoms with van der Waals surface area (Å²) in [4.78, 5) is 20.8. The number of piperazine rings is 1. The third-order valence-electron chi connectivity index (χ3n) is 3.81. The molecule has 1 aliphatic heterocycles. The second kappa shape index (κ2) is 9.47. The van der Waals surface area contributed by atoms with Gasteiger partial charge in [0.1, 0.15) is 5.82 Å². The number of carbonyl (C=O) groups excluding carboxylic acids is 1. The van der Waals surface area contributed by atoms with Crippen LogP contribution in [0.25, 0.3) is 0 Å². The molecular weight excluding hydrogens is 292 g/mol. The van der Waals surface area contributed by atoms with Crippen LogP contribution in [-0.4, -0.2) is 67.8 Å². The number of aromatic nitrogens is 1. The molecule has 1 aromatic heterocycles. The monoisotopic (exact) mass is 320 g/mol. The van der Waals surface area contributed by atoms with Crippen LogP contribution < -0.4 is 10.2 Å². The van der Waals surface area contributed by atoms with Crippen molar-refractivity contribution in [2.75, 3.05) is 50.8 Å². The highest BCUT2D eigenvalue weighted by Crippen LogP contribution is 2.12. The smallest absolute Gasteiger partial charge is 0.234 e. The van der Waals surface area contributed by atoms with E-state index in [2.05, 4.69) is 20.1 Å². The van der Waals surface area contributed by atoms with Crippen molar-refractivity contribution < 1.29 is 9.53 Å². The van der Waals surface area contributed by atoms with Crippen LogP contribution in [0.1, 0.15) is 20.3 Å². The molecule has 0 aliphatic carbocycles. The number of rotatable bonds is 8. The molecular formula is C17H28N4O2. The highest BCUT2D eigenvalue weighted by molar-refractivity contribution is 5.78. The van der Waals surface area contributed by atoms with Gasteiger partial charge in [0.25, 0.3) is 0 Å². The fourth-order valence-corrected chi connectivity index (χ4v) is 2.55. The van der Waals surface area contributed by atoms with Crippen molar-refractivity contribution >= 4 is 11.7 Å². The maximum atomic E-state index is 11.9. The van der Waals surface area contributed by atoms with Gasteiger partial charge in [-0.2, -0.15) is 0 Å². The number of pyridine rings is 1. The third-order valence-corrected chi connectivity index (χ3v) is 3.81. The predicted octanol–water partition coefficient (Wildman–Crippen LogP) is 1.13. The van der Waals surface area contributed by atoms with E-state index in [1.165, 1.54) is 0 Å². The summed E-state index contributed by atoms with van der Waals surface area (Å²) in [6.07, 6.45) is 2.93. The summed E-state index contributed by atoms with van der Waals surface area (Å²) in [5.74, 6) is 1.11. The van der Waals surface area contributed by atoms with Crippen molar-refractivity contribution in [1.82, 2.24) is 15.2 Å². The van der Waals surface area contributed by atoms with Gasteiger partial charge in [0.15, 0.2) is 0 Å². The fraction of sp³-hybridized carbons (Fsp3) is 0.647. The number of ether oxygens (including phenoxy) is 1. The molecule has 0 unspecified atom stereocenters. The van der Waals surface area contributed by atoms with Gasteiger partial charge in [-0.1, -0.05) is 6.07 Å². The van der Waals surface area contributed by atoms with Crippen LogP contribution in [0.3, 0.4) is 0 Å². The van der Waals surface area contributed by atoms with Crippen LogP contribution in [0.15, 0.2) is 24.4 Å². The zero-order chi connectivity index (χ0) is 16.5. The summed E-state index contributed by atoms with van der Waals surface area (Å²) >= 11 is 0. The van der Waals surface area contributed by atoms with E-state index in [0.717, 1.165) is 38.4 Å². The first kappa shape index (κ1) is 17.7. The summed E-state index contributed by atoms with van der Waals surface area (Å²) in [6.45, 7) is 9.48. The summed E-state index contributed by atoms with van der Waals surface area (Å²) in [5, 5.41) is 2.96. The molecule has 0 bridgehead atoms. The Hall–Kier alpha value is -1.66. The van der Waals surface area contributed by atoms with Gasteiger partial charge < -0.3 is 15.0 Å². The molecule has 128 valence electrons. The normalized spacial score (nSPS) is 15.9. The third kappa shape index (κ3) is 6.54. The van der Waals surface area contributed by atoms with Crippen LogP contribution in [0.5, 0.6) is 0 Å². The first-order valence-corrected chi connectivity index (χ1v) is 8.42. The van der Waals surface area contributed by atoms with Crippen molar-refractivity contribution in [3.63, 3.8) is 0 Å². The first-order valence-electron chi connectivity index (χ1n) is 8.42. The number of hydrogen-bond acceptors (Lipinski definition) is 5. The molecule has 1 fully saturated rings. The highest BCUT2D eigenvalue weighted by atomic mass is 16.5. The van der Waals surface area contributed by atoms with Crippen molar-refractivity contribution in [3.05, 3.63) is 24.4 Å². The van der Waals surface area contributed by atoms with Crippen LogP contribution in [0.4, 0.5) is 5.82 Å². The predicted molar refractivity (Wildman–Crippen MR) is 91.6 cm³/mol. The minimum Gasteiger partial charge on any atom is -0.379 e. The van der Waals surface area contributed by atoms with E-state index in [4.69, 9.17) is 4.74 Å². The Morgan fingerprint density at radius 2 is 2.09 bits per heavy atom. The number of hydrogen-bond donors (Lipinski definition) is 1. The SMILES string of the molecule is CC(C)OCCCNC(=O)CN1CCN(c2ccccn2)CC1. The Morgan fingerprint density at radius 3 is 2.74 bits per heavy atom. The van der Waals surface area contributed by atoms with Gasteiger partial charge in [-0.05, 0) is 32.4 Å². The number of nitrogens with one attached hydrogen (secondary N) is 1. The number of carbonyl (C=O) groups is 1. The van der Waals surface area contributed by atoms with Gasteiger partial charge in [0, 0.05) is 45.5 Å². The lowest BCUT2D eigenvalue weighted by atomic mass is 10.3. The molecule has 0 atom stereocenters. The van der Waals surface area contributed by atoms with Crippen molar-refractivity contribution in [3.8, 4) is 0 Å². The van der Waals surface area contributed by atoms with E-state index in [1.807, 2.05) is 38.2 Å². The zero-order valence-corrected chi connectivity index (χ0v) is 14.2. The molecule has 6 heteroatoms. The van der Waals surface area contributed by atoms with Crippen molar-refractivity contribution in [2.24, 2.45) is 0 Å². The molecule has 2 rings (SSSR count). The first-order chi connectivity index (χ1) is 11.1. The van der Waals surface area contributed by atoms with Gasteiger partial charge in [0.05, 0.1) is 12.6 Å². The largest absolute Gasteiger partial charge is 0.379 e. The van der Waals surface area contributed by atoms with E-state index in [9.17, 15) is 4.79 Å². The summed E-state index contributed by atoms with van der Waals surface area (Å²) < 4.78 is 5.45. The maximum Gasteiger partial charge on any atom is 0.234 e. The molecule has 0 spiro atoms. The molecule has 1 saturated heterocycles. The average Bonchev–Trinajstić information content (AvgIpc) is 2.56. The minimum absolute atomic E-state index is 0.0980. The van der Waals surface area contributed by atoms with Gasteiger partial charge >= 0.3 is 0 Å². The Morgan fingerprint density at radius 1 is 1.30 bits per heavy atom. The second-order valence-electron chi connectivity index (χ2n) is 6.07. The average molecular weight is 320 g/mol. The van der Waals surface area contributed by atoms with Crippen LogP contribution in [0, 0.1) is 0 Å². The Labute approximate surface area is 138 Å². The molecule has 1 aromatic rings. The van der Waals surface area contributed by atoms with Gasteiger partial charge in [-0.15, -0.1) is 0 Å². The summed E-state index contributed by atoms with van der Waals surface area (Å²) in [6, 6.07) is 5.96. The molecule has 1 N–H and O–H groups in total. The topological polar surface area (TPSA) is 57.7 Å².